The summed E-state index contributed by atoms with van der Waals surface area (Å²) in [5.41, 5.74) is 3.39. The molecule has 3 heteroatoms. The van der Waals surface area contributed by atoms with E-state index in [1.165, 1.54) is 23.2 Å². The first-order chi connectivity index (χ1) is 15.1. The fourth-order valence-electron chi connectivity index (χ4n) is 5.75. The summed E-state index contributed by atoms with van der Waals surface area (Å²) >= 11 is 0. The maximum atomic E-state index is 11.5. The fraction of sp³-hybridized carbons (Fsp3) is 0.500. The largest absolute Gasteiger partial charge is 0.389 e. The minimum atomic E-state index is -0.500. The van der Waals surface area contributed by atoms with Gasteiger partial charge in [-0.2, -0.15) is 0 Å². The third-order valence-corrected chi connectivity index (χ3v) is 7.48. The van der Waals surface area contributed by atoms with E-state index in [0.717, 1.165) is 51.9 Å². The van der Waals surface area contributed by atoms with Gasteiger partial charge in [-0.15, -0.1) is 0 Å². The Hall–Kier alpha value is -2.10. The highest BCUT2D eigenvalue weighted by atomic mass is 16.3. The van der Waals surface area contributed by atoms with Crippen LogP contribution in [0.15, 0.2) is 60.7 Å². The Labute approximate surface area is 188 Å². The van der Waals surface area contributed by atoms with Crippen LogP contribution in [0, 0.1) is 5.92 Å². The molecule has 166 valence electrons. The Balaban J connectivity index is 1.59. The molecule has 0 spiro atoms. The van der Waals surface area contributed by atoms with Crippen LogP contribution < -0.4 is 4.90 Å². The summed E-state index contributed by atoms with van der Waals surface area (Å²) < 4.78 is 0. The van der Waals surface area contributed by atoms with Crippen LogP contribution in [0.5, 0.6) is 0 Å². The average Bonchev–Trinajstić information content (AvgIpc) is 2.81. The van der Waals surface area contributed by atoms with Crippen molar-refractivity contribution >= 4 is 11.8 Å². The van der Waals surface area contributed by atoms with Gasteiger partial charge < -0.3 is 10.0 Å². The number of anilines is 1. The molecule has 2 aromatic carbocycles. The first-order valence-electron chi connectivity index (χ1n) is 12.2. The zero-order valence-electron chi connectivity index (χ0n) is 19.2. The van der Waals surface area contributed by atoms with Gasteiger partial charge in [0.15, 0.2) is 0 Å². The van der Waals surface area contributed by atoms with E-state index in [2.05, 4.69) is 90.4 Å². The van der Waals surface area contributed by atoms with Gasteiger partial charge in [-0.3, -0.25) is 4.90 Å². The van der Waals surface area contributed by atoms with E-state index in [1.807, 2.05) is 0 Å². The monoisotopic (exact) mass is 418 g/mol. The molecule has 1 aliphatic heterocycles. The van der Waals surface area contributed by atoms with Gasteiger partial charge in [0.05, 0.1) is 5.60 Å². The second-order valence-corrected chi connectivity index (χ2v) is 9.22. The maximum Gasteiger partial charge on any atom is 0.0706 e. The first kappa shape index (κ1) is 22.1. The Bertz CT molecular complexity index is 843. The van der Waals surface area contributed by atoms with E-state index < -0.39 is 5.60 Å². The molecule has 2 fully saturated rings. The van der Waals surface area contributed by atoms with Gasteiger partial charge in [0.25, 0.3) is 0 Å². The lowest BCUT2D eigenvalue weighted by atomic mass is 9.66. The Morgan fingerprint density at radius 1 is 1.00 bits per heavy atom. The van der Waals surface area contributed by atoms with Crippen LogP contribution in [-0.2, 0) is 0 Å². The lowest BCUT2D eigenvalue weighted by Gasteiger charge is -2.52. The summed E-state index contributed by atoms with van der Waals surface area (Å²) in [5.74, 6) is 0.319. The number of hydrogen-bond acceptors (Lipinski definition) is 3. The number of piperidine rings is 1. The number of likely N-dealkylation sites (tertiary alicyclic amines) is 1. The highest BCUT2D eigenvalue weighted by Crippen LogP contribution is 2.49. The Morgan fingerprint density at radius 3 is 2.45 bits per heavy atom. The van der Waals surface area contributed by atoms with E-state index in [4.69, 9.17) is 0 Å². The van der Waals surface area contributed by atoms with Gasteiger partial charge in [0.2, 0.25) is 0 Å². The van der Waals surface area contributed by atoms with Crippen LogP contribution in [0.2, 0.25) is 0 Å². The van der Waals surface area contributed by atoms with Crippen molar-refractivity contribution in [3.63, 3.8) is 0 Å². The van der Waals surface area contributed by atoms with Crippen molar-refractivity contribution in [2.24, 2.45) is 5.92 Å². The lowest BCUT2D eigenvalue weighted by molar-refractivity contribution is -0.122. The van der Waals surface area contributed by atoms with Gasteiger partial charge in [-0.05, 0) is 56.4 Å². The number of benzene rings is 2. The Morgan fingerprint density at radius 2 is 1.74 bits per heavy atom. The van der Waals surface area contributed by atoms with Crippen molar-refractivity contribution < 1.29 is 5.11 Å². The molecule has 0 radical (unpaired) electrons. The summed E-state index contributed by atoms with van der Waals surface area (Å²) in [6.45, 7) is 8.34. The molecule has 0 bridgehead atoms. The third-order valence-electron chi connectivity index (χ3n) is 7.48. The van der Waals surface area contributed by atoms with Gasteiger partial charge in [-0.1, -0.05) is 67.5 Å². The second kappa shape index (κ2) is 10.0. The van der Waals surface area contributed by atoms with Crippen molar-refractivity contribution in [1.82, 2.24) is 4.90 Å². The third kappa shape index (κ3) is 4.88. The lowest BCUT2D eigenvalue weighted by Crippen LogP contribution is -2.54. The second-order valence-electron chi connectivity index (χ2n) is 9.22. The molecular weight excluding hydrogens is 380 g/mol. The molecule has 1 saturated heterocycles. The van der Waals surface area contributed by atoms with Crippen molar-refractivity contribution in [1.29, 1.82) is 0 Å². The van der Waals surface area contributed by atoms with Crippen LogP contribution in [-0.4, -0.2) is 41.8 Å². The van der Waals surface area contributed by atoms with Crippen molar-refractivity contribution in [2.75, 3.05) is 31.1 Å². The normalized spacial score (nSPS) is 26.7. The summed E-state index contributed by atoms with van der Waals surface area (Å²) in [5, 5.41) is 11.5. The SMILES string of the molecule is CCN(CC)c1ccc([C@H]2C3CCCCC3(O)CCN2C/C=C/c2ccccc2)cc1. The number of aliphatic hydroxyl groups is 1. The van der Waals surface area contributed by atoms with Crippen molar-refractivity contribution in [3.8, 4) is 0 Å². The van der Waals surface area contributed by atoms with E-state index in [0.29, 0.717) is 5.92 Å². The number of rotatable bonds is 7. The van der Waals surface area contributed by atoms with E-state index in [-0.39, 0.29) is 6.04 Å². The number of hydrogen-bond donors (Lipinski definition) is 1. The van der Waals surface area contributed by atoms with Crippen LogP contribution in [0.25, 0.3) is 6.08 Å². The zero-order valence-corrected chi connectivity index (χ0v) is 19.2. The quantitative estimate of drug-likeness (QED) is 0.605. The smallest absolute Gasteiger partial charge is 0.0706 e. The maximum absolute atomic E-state index is 11.5. The molecule has 1 N–H and O–H groups in total. The standard InChI is InChI=1S/C28H38N2O/c1-3-29(4-2)25-17-15-24(16-18-25)27-26-14-8-9-19-28(26,31)20-22-30(27)21-10-13-23-11-6-5-7-12-23/h5-7,10-13,15-18,26-27,31H,3-4,8-9,14,19-22H2,1-2H3/b13-10+/t26?,27-,28?/m0/s1. The molecule has 1 heterocycles. The molecule has 2 aromatic rings. The van der Waals surface area contributed by atoms with E-state index in [9.17, 15) is 5.11 Å². The average molecular weight is 419 g/mol. The van der Waals surface area contributed by atoms with Crippen molar-refractivity contribution in [2.45, 2.75) is 57.6 Å². The topological polar surface area (TPSA) is 26.7 Å². The van der Waals surface area contributed by atoms with Gasteiger partial charge in [0.1, 0.15) is 0 Å². The molecule has 1 aliphatic carbocycles. The molecule has 2 aliphatic rings. The summed E-state index contributed by atoms with van der Waals surface area (Å²) in [4.78, 5) is 4.98. The highest BCUT2D eigenvalue weighted by molar-refractivity contribution is 5.49. The van der Waals surface area contributed by atoms with Crippen LogP contribution >= 0.6 is 0 Å². The Kier molecular flexibility index (Phi) is 7.14. The summed E-state index contributed by atoms with van der Waals surface area (Å²) in [6.07, 6.45) is 9.88. The minimum absolute atomic E-state index is 0.283. The minimum Gasteiger partial charge on any atom is -0.389 e. The number of nitrogens with zero attached hydrogens (tertiary/aromatic N) is 2. The highest BCUT2D eigenvalue weighted by Gasteiger charge is 2.48. The molecule has 3 atom stereocenters. The molecule has 0 aromatic heterocycles. The molecule has 0 amide bonds. The van der Waals surface area contributed by atoms with Crippen LogP contribution in [0.4, 0.5) is 5.69 Å². The molecule has 4 rings (SSSR count). The van der Waals surface area contributed by atoms with E-state index >= 15 is 0 Å². The molecule has 1 saturated carbocycles. The van der Waals surface area contributed by atoms with Gasteiger partial charge >= 0.3 is 0 Å². The van der Waals surface area contributed by atoms with Crippen LogP contribution in [0.1, 0.15) is 63.1 Å². The summed E-state index contributed by atoms with van der Waals surface area (Å²) in [6, 6.07) is 20.0. The molecule has 31 heavy (non-hydrogen) atoms. The zero-order chi connectivity index (χ0) is 21.7. The van der Waals surface area contributed by atoms with Crippen LogP contribution in [0.3, 0.4) is 0 Å². The first-order valence-corrected chi connectivity index (χ1v) is 12.2. The number of fused-ring (bicyclic) bond motifs is 1. The summed E-state index contributed by atoms with van der Waals surface area (Å²) in [7, 11) is 0. The predicted octanol–water partition coefficient (Wildman–Crippen LogP) is 5.91. The molecular formula is C28H38N2O. The predicted molar refractivity (Wildman–Crippen MR) is 131 cm³/mol. The fourth-order valence-corrected chi connectivity index (χ4v) is 5.75. The van der Waals surface area contributed by atoms with Gasteiger partial charge in [-0.25, -0.2) is 0 Å². The molecule has 3 nitrogen and oxygen atoms in total. The van der Waals surface area contributed by atoms with Gasteiger partial charge in [0, 0.05) is 43.8 Å². The van der Waals surface area contributed by atoms with Crippen molar-refractivity contribution in [3.05, 3.63) is 71.8 Å². The molecule has 2 unspecified atom stereocenters. The van der Waals surface area contributed by atoms with E-state index in [1.54, 1.807) is 0 Å².